The van der Waals surface area contributed by atoms with Gasteiger partial charge in [-0.1, -0.05) is 36.4 Å². The van der Waals surface area contributed by atoms with Crippen LogP contribution in [-0.4, -0.2) is 10.9 Å². The molecule has 0 spiro atoms. The summed E-state index contributed by atoms with van der Waals surface area (Å²) in [6.45, 7) is 2.03. The summed E-state index contributed by atoms with van der Waals surface area (Å²) in [5, 5.41) is 9.90. The van der Waals surface area contributed by atoms with Gasteiger partial charge in [0.1, 0.15) is 0 Å². The van der Waals surface area contributed by atoms with Crippen LogP contribution in [0.4, 0.5) is 5.69 Å². The molecule has 1 aromatic heterocycles. The van der Waals surface area contributed by atoms with Crippen molar-refractivity contribution in [2.45, 2.75) is 13.0 Å². The van der Waals surface area contributed by atoms with Crippen molar-refractivity contribution in [3.8, 4) is 6.19 Å². The number of hydrogen-bond acceptors (Lipinski definition) is 3. The summed E-state index contributed by atoms with van der Waals surface area (Å²) in [4.78, 5) is 10.0. The van der Waals surface area contributed by atoms with Crippen molar-refractivity contribution in [2.24, 2.45) is 10.7 Å². The van der Waals surface area contributed by atoms with Crippen LogP contribution in [0.3, 0.4) is 0 Å². The van der Waals surface area contributed by atoms with Gasteiger partial charge in [-0.2, -0.15) is 5.26 Å². The number of hydrogen-bond donors (Lipinski definition) is 1. The number of aromatic nitrogens is 1. The monoisotopic (exact) mass is 315 g/mol. The van der Waals surface area contributed by atoms with Crippen molar-refractivity contribution in [3.05, 3.63) is 72.4 Å². The van der Waals surface area contributed by atoms with Crippen LogP contribution in [0.2, 0.25) is 0 Å². The molecule has 0 amide bonds. The number of nitriles is 1. The van der Waals surface area contributed by atoms with Crippen molar-refractivity contribution >= 4 is 22.5 Å². The van der Waals surface area contributed by atoms with Crippen LogP contribution in [0, 0.1) is 11.5 Å². The number of fused-ring (bicyclic) bond motifs is 1. The summed E-state index contributed by atoms with van der Waals surface area (Å²) in [6, 6.07) is 19.6. The van der Waals surface area contributed by atoms with Gasteiger partial charge in [-0.05, 0) is 36.8 Å². The van der Waals surface area contributed by atoms with Crippen molar-refractivity contribution in [2.75, 3.05) is 4.90 Å². The molecule has 2 aromatic carbocycles. The van der Waals surface area contributed by atoms with Crippen LogP contribution in [0.1, 0.15) is 18.5 Å². The standard InChI is InChI=1S/C19H17N5/c1-14(15-7-3-2-4-8-15)24(19(21)23-13-20)18-11-5-10-17-16(18)9-6-12-22-17/h2-12,14H,1H3,(H2,21,23). The molecule has 2 N–H and O–H groups in total. The molecular formula is C19H17N5. The third kappa shape index (κ3) is 2.90. The highest BCUT2D eigenvalue weighted by atomic mass is 15.3. The maximum absolute atomic E-state index is 8.94. The van der Waals surface area contributed by atoms with Crippen LogP contribution < -0.4 is 10.6 Å². The Balaban J connectivity index is 2.18. The molecule has 0 saturated heterocycles. The van der Waals surface area contributed by atoms with Crippen molar-refractivity contribution in [1.82, 2.24) is 4.98 Å². The zero-order valence-corrected chi connectivity index (χ0v) is 13.3. The van der Waals surface area contributed by atoms with Gasteiger partial charge in [-0.15, -0.1) is 4.99 Å². The molecule has 0 saturated carbocycles. The highest BCUT2D eigenvalue weighted by Gasteiger charge is 2.22. The maximum atomic E-state index is 8.94. The number of nitrogens with two attached hydrogens (primary N) is 1. The Morgan fingerprint density at radius 1 is 1.12 bits per heavy atom. The first-order valence-electron chi connectivity index (χ1n) is 7.62. The predicted molar refractivity (Wildman–Crippen MR) is 96.3 cm³/mol. The minimum Gasteiger partial charge on any atom is -0.369 e. The summed E-state index contributed by atoms with van der Waals surface area (Å²) < 4.78 is 0. The Bertz CT molecular complexity index is 906. The summed E-state index contributed by atoms with van der Waals surface area (Å²) in [5.41, 5.74) is 8.94. The average molecular weight is 315 g/mol. The minimum absolute atomic E-state index is 0.0888. The number of anilines is 1. The Morgan fingerprint density at radius 3 is 2.67 bits per heavy atom. The summed E-state index contributed by atoms with van der Waals surface area (Å²) in [7, 11) is 0. The van der Waals surface area contributed by atoms with Crippen LogP contribution in [0.25, 0.3) is 10.9 Å². The molecule has 3 aromatic rings. The Hall–Kier alpha value is -3.39. The van der Waals surface area contributed by atoms with Gasteiger partial charge in [0.05, 0.1) is 17.2 Å². The lowest BCUT2D eigenvalue weighted by Gasteiger charge is -2.31. The maximum Gasteiger partial charge on any atom is 0.212 e. The first-order chi connectivity index (χ1) is 11.7. The van der Waals surface area contributed by atoms with E-state index >= 15 is 0 Å². The number of benzene rings is 2. The lowest BCUT2D eigenvalue weighted by Crippen LogP contribution is -2.39. The van der Waals surface area contributed by atoms with Gasteiger partial charge in [-0.25, -0.2) is 0 Å². The van der Waals surface area contributed by atoms with Gasteiger partial charge in [0.25, 0.3) is 0 Å². The summed E-state index contributed by atoms with van der Waals surface area (Å²) in [6.07, 6.45) is 3.53. The molecule has 0 radical (unpaired) electrons. The highest BCUT2D eigenvalue weighted by molar-refractivity contribution is 6.04. The van der Waals surface area contributed by atoms with E-state index in [0.717, 1.165) is 22.2 Å². The molecule has 0 aliphatic heterocycles. The van der Waals surface area contributed by atoms with Crippen LogP contribution in [-0.2, 0) is 0 Å². The molecule has 118 valence electrons. The molecule has 24 heavy (non-hydrogen) atoms. The zero-order valence-electron chi connectivity index (χ0n) is 13.3. The van der Waals surface area contributed by atoms with Gasteiger partial charge in [0.2, 0.25) is 12.2 Å². The van der Waals surface area contributed by atoms with E-state index in [9.17, 15) is 0 Å². The molecule has 5 nitrogen and oxygen atoms in total. The van der Waals surface area contributed by atoms with E-state index in [1.54, 1.807) is 12.4 Å². The first-order valence-corrected chi connectivity index (χ1v) is 7.62. The fourth-order valence-corrected chi connectivity index (χ4v) is 2.81. The van der Waals surface area contributed by atoms with Crippen molar-refractivity contribution < 1.29 is 0 Å². The fourth-order valence-electron chi connectivity index (χ4n) is 2.81. The number of nitrogens with zero attached hydrogens (tertiary/aromatic N) is 4. The van der Waals surface area contributed by atoms with E-state index in [1.807, 2.05) is 72.5 Å². The van der Waals surface area contributed by atoms with Gasteiger partial charge in [-0.3, -0.25) is 4.98 Å². The predicted octanol–water partition coefficient (Wildman–Crippen LogP) is 3.60. The normalized spacial score (nSPS) is 12.6. The molecular weight excluding hydrogens is 298 g/mol. The number of pyridine rings is 1. The second-order valence-corrected chi connectivity index (χ2v) is 5.37. The summed E-state index contributed by atoms with van der Waals surface area (Å²) >= 11 is 0. The molecule has 5 heteroatoms. The zero-order chi connectivity index (χ0) is 16.9. The smallest absolute Gasteiger partial charge is 0.212 e. The third-order valence-electron chi connectivity index (χ3n) is 3.96. The molecule has 0 aliphatic carbocycles. The van der Waals surface area contributed by atoms with E-state index in [0.29, 0.717) is 0 Å². The highest BCUT2D eigenvalue weighted by Crippen LogP contribution is 2.32. The van der Waals surface area contributed by atoms with E-state index in [1.165, 1.54) is 0 Å². The number of guanidine groups is 1. The largest absolute Gasteiger partial charge is 0.369 e. The minimum atomic E-state index is -0.0888. The quantitative estimate of drug-likeness (QED) is 0.455. The van der Waals surface area contributed by atoms with Gasteiger partial charge in [0.15, 0.2) is 0 Å². The fraction of sp³-hybridized carbons (Fsp3) is 0.105. The topological polar surface area (TPSA) is 78.3 Å². The van der Waals surface area contributed by atoms with Crippen molar-refractivity contribution in [3.63, 3.8) is 0 Å². The second kappa shape index (κ2) is 6.80. The lowest BCUT2D eigenvalue weighted by molar-refractivity contribution is 0.789. The van der Waals surface area contributed by atoms with Crippen LogP contribution in [0.15, 0.2) is 71.9 Å². The van der Waals surface area contributed by atoms with Crippen molar-refractivity contribution in [1.29, 1.82) is 5.26 Å². The van der Waals surface area contributed by atoms with E-state index in [4.69, 9.17) is 11.0 Å². The van der Waals surface area contributed by atoms with Gasteiger partial charge in [0, 0.05) is 11.6 Å². The van der Waals surface area contributed by atoms with E-state index < -0.39 is 0 Å². The van der Waals surface area contributed by atoms with Gasteiger partial charge < -0.3 is 10.6 Å². The first kappa shape index (κ1) is 15.5. The SMILES string of the molecule is CC(c1ccccc1)N(C(N)=NC#N)c1cccc2ncccc12. The molecule has 1 heterocycles. The molecule has 0 aliphatic rings. The molecule has 1 unspecified atom stereocenters. The lowest BCUT2D eigenvalue weighted by atomic mass is 10.0. The molecule has 1 atom stereocenters. The third-order valence-corrected chi connectivity index (χ3v) is 3.96. The number of aliphatic imine (C=N–C) groups is 1. The van der Waals surface area contributed by atoms with E-state index in [2.05, 4.69) is 9.98 Å². The van der Waals surface area contributed by atoms with E-state index in [-0.39, 0.29) is 12.0 Å². The van der Waals surface area contributed by atoms with Crippen LogP contribution >= 0.6 is 0 Å². The van der Waals surface area contributed by atoms with Gasteiger partial charge >= 0.3 is 0 Å². The Labute approximate surface area is 140 Å². The molecule has 0 bridgehead atoms. The molecule has 3 rings (SSSR count). The Kier molecular flexibility index (Phi) is 4.39. The number of rotatable bonds is 3. The van der Waals surface area contributed by atoms with Crippen LogP contribution in [0.5, 0.6) is 0 Å². The Morgan fingerprint density at radius 2 is 1.92 bits per heavy atom. The summed E-state index contributed by atoms with van der Waals surface area (Å²) in [5.74, 6) is 0.158. The molecule has 0 fully saturated rings. The second-order valence-electron chi connectivity index (χ2n) is 5.37. The average Bonchev–Trinajstić information content (AvgIpc) is 2.63.